The molecule has 0 fully saturated rings. The van der Waals surface area contributed by atoms with Gasteiger partial charge in [-0.15, -0.1) is 0 Å². The van der Waals surface area contributed by atoms with Crippen LogP contribution in [0.4, 0.5) is 0 Å². The number of rotatable bonds is 6. The Morgan fingerprint density at radius 1 is 1.08 bits per heavy atom. The molecule has 1 aliphatic rings. The number of nitrogens with one attached hydrogen (secondary N) is 1. The molecule has 1 heterocycles. The minimum Gasteiger partial charge on any atom is -0.344 e. The van der Waals surface area contributed by atoms with E-state index in [9.17, 15) is 0 Å². The van der Waals surface area contributed by atoms with E-state index in [1.807, 2.05) is 18.2 Å². The summed E-state index contributed by atoms with van der Waals surface area (Å²) in [6, 6.07) is 15.0. The van der Waals surface area contributed by atoms with Gasteiger partial charge in [-0.3, -0.25) is 0 Å². The number of hydrogen-bond donors (Lipinski definition) is 1. The predicted octanol–water partition coefficient (Wildman–Crippen LogP) is 5.66. The molecule has 0 aliphatic heterocycles. The lowest BCUT2D eigenvalue weighted by Gasteiger charge is -2.16. The van der Waals surface area contributed by atoms with Crippen molar-refractivity contribution >= 4 is 22.5 Å². The summed E-state index contributed by atoms with van der Waals surface area (Å²) in [4.78, 5) is 0. The number of aromatic nitrogens is 1. The van der Waals surface area contributed by atoms with Gasteiger partial charge in [0.15, 0.2) is 0 Å². The zero-order valence-corrected chi connectivity index (χ0v) is 16.3. The van der Waals surface area contributed by atoms with Crippen molar-refractivity contribution in [2.24, 2.45) is 0 Å². The van der Waals surface area contributed by atoms with Gasteiger partial charge in [-0.2, -0.15) is 0 Å². The molecule has 0 atom stereocenters. The van der Waals surface area contributed by atoms with E-state index in [2.05, 4.69) is 41.1 Å². The molecule has 0 unspecified atom stereocenters. The second-order valence-electron chi connectivity index (χ2n) is 7.43. The Kier molecular flexibility index (Phi) is 5.33. The first-order valence-corrected chi connectivity index (χ1v) is 10.2. The summed E-state index contributed by atoms with van der Waals surface area (Å²) in [5.41, 5.74) is 7.16. The van der Waals surface area contributed by atoms with Crippen LogP contribution in [0.2, 0.25) is 5.02 Å². The van der Waals surface area contributed by atoms with E-state index in [1.54, 1.807) is 11.3 Å². The highest BCUT2D eigenvalue weighted by atomic mass is 35.5. The van der Waals surface area contributed by atoms with E-state index < -0.39 is 0 Å². The number of halogens is 1. The topological polar surface area (TPSA) is 17.0 Å². The summed E-state index contributed by atoms with van der Waals surface area (Å²) in [5.74, 6) is 0. The second-order valence-corrected chi connectivity index (χ2v) is 7.83. The highest BCUT2D eigenvalue weighted by Crippen LogP contribution is 2.33. The molecule has 1 aliphatic carbocycles. The van der Waals surface area contributed by atoms with E-state index in [-0.39, 0.29) is 0 Å². The Hall–Kier alpha value is -1.77. The molecule has 0 saturated heterocycles. The minimum atomic E-state index is 0.837. The Morgan fingerprint density at radius 3 is 2.81 bits per heavy atom. The van der Waals surface area contributed by atoms with Gasteiger partial charge in [-0.25, -0.2) is 0 Å². The van der Waals surface area contributed by atoms with Crippen molar-refractivity contribution in [3.05, 3.63) is 69.9 Å². The maximum atomic E-state index is 6.23. The third-order valence-corrected chi connectivity index (χ3v) is 5.91. The molecule has 3 aromatic rings. The molecule has 3 heteroatoms. The fraction of sp³-hybridized carbons (Fsp3) is 0.391. The van der Waals surface area contributed by atoms with Crippen LogP contribution >= 0.6 is 11.6 Å². The van der Waals surface area contributed by atoms with Gasteiger partial charge in [0.1, 0.15) is 0 Å². The lowest BCUT2D eigenvalue weighted by Crippen LogP contribution is -2.17. The SMILES string of the molecule is Cc1ccc2c(c1)c1c(n2CCCNCc2ccccc2Cl)CCCC1. The number of hydrogen-bond acceptors (Lipinski definition) is 1. The van der Waals surface area contributed by atoms with Crippen molar-refractivity contribution in [2.45, 2.75) is 52.1 Å². The highest BCUT2D eigenvalue weighted by molar-refractivity contribution is 6.31. The van der Waals surface area contributed by atoms with Crippen LogP contribution < -0.4 is 5.32 Å². The first-order chi connectivity index (χ1) is 12.7. The molecule has 136 valence electrons. The van der Waals surface area contributed by atoms with Crippen molar-refractivity contribution in [1.82, 2.24) is 9.88 Å². The standard InChI is InChI=1S/C23H27ClN2/c1-17-11-12-23-20(15-17)19-8-3-5-10-22(19)26(23)14-6-13-25-16-18-7-2-4-9-21(18)24/h2,4,7,9,11-12,15,25H,3,5-6,8,10,13-14,16H2,1H3. The van der Waals surface area contributed by atoms with Crippen LogP contribution in [0.25, 0.3) is 10.9 Å². The van der Waals surface area contributed by atoms with Crippen molar-refractivity contribution in [3.8, 4) is 0 Å². The van der Waals surface area contributed by atoms with Crippen molar-refractivity contribution in [2.75, 3.05) is 6.54 Å². The lowest BCUT2D eigenvalue weighted by atomic mass is 9.95. The lowest BCUT2D eigenvalue weighted by molar-refractivity contribution is 0.561. The zero-order chi connectivity index (χ0) is 17.9. The molecule has 0 bridgehead atoms. The summed E-state index contributed by atoms with van der Waals surface area (Å²) < 4.78 is 2.58. The third kappa shape index (κ3) is 3.54. The average molecular weight is 367 g/mol. The van der Waals surface area contributed by atoms with Crippen LogP contribution in [-0.2, 0) is 25.9 Å². The average Bonchev–Trinajstić information content (AvgIpc) is 2.96. The van der Waals surface area contributed by atoms with Crippen LogP contribution in [0.3, 0.4) is 0 Å². The van der Waals surface area contributed by atoms with Gasteiger partial charge in [-0.1, -0.05) is 41.4 Å². The van der Waals surface area contributed by atoms with Crippen molar-refractivity contribution < 1.29 is 0 Å². The van der Waals surface area contributed by atoms with Gasteiger partial charge in [0.2, 0.25) is 0 Å². The van der Waals surface area contributed by atoms with Gasteiger partial charge in [0.25, 0.3) is 0 Å². The van der Waals surface area contributed by atoms with E-state index >= 15 is 0 Å². The highest BCUT2D eigenvalue weighted by Gasteiger charge is 2.19. The van der Waals surface area contributed by atoms with Crippen molar-refractivity contribution in [1.29, 1.82) is 0 Å². The fourth-order valence-electron chi connectivity index (χ4n) is 4.23. The van der Waals surface area contributed by atoms with Crippen LogP contribution in [0.15, 0.2) is 42.5 Å². The molecule has 2 aromatic carbocycles. The number of nitrogens with zero attached hydrogens (tertiary/aromatic N) is 1. The summed E-state index contributed by atoms with van der Waals surface area (Å²) >= 11 is 6.23. The second kappa shape index (κ2) is 7.85. The Bertz CT molecular complexity index is 910. The number of fused-ring (bicyclic) bond motifs is 3. The van der Waals surface area contributed by atoms with E-state index in [0.717, 1.165) is 31.1 Å². The quantitative estimate of drug-likeness (QED) is 0.557. The predicted molar refractivity (Wildman–Crippen MR) is 111 cm³/mol. The normalized spacial score (nSPS) is 13.9. The molecule has 0 radical (unpaired) electrons. The van der Waals surface area contributed by atoms with Gasteiger partial charge in [0.05, 0.1) is 0 Å². The molecule has 1 aromatic heterocycles. The first-order valence-electron chi connectivity index (χ1n) is 9.79. The fourth-order valence-corrected chi connectivity index (χ4v) is 4.43. The van der Waals surface area contributed by atoms with Crippen LogP contribution in [-0.4, -0.2) is 11.1 Å². The Morgan fingerprint density at radius 2 is 1.92 bits per heavy atom. The summed E-state index contributed by atoms with van der Waals surface area (Å²) in [7, 11) is 0. The molecule has 0 amide bonds. The Labute approximate surface area is 161 Å². The van der Waals surface area contributed by atoms with E-state index in [0.29, 0.717) is 0 Å². The zero-order valence-electron chi connectivity index (χ0n) is 15.5. The molecular formula is C23H27ClN2. The Balaban J connectivity index is 1.43. The molecule has 0 spiro atoms. The monoisotopic (exact) mass is 366 g/mol. The molecule has 0 saturated carbocycles. The van der Waals surface area contributed by atoms with Crippen LogP contribution in [0.1, 0.15) is 41.6 Å². The van der Waals surface area contributed by atoms with Crippen molar-refractivity contribution in [3.63, 3.8) is 0 Å². The minimum absolute atomic E-state index is 0.837. The van der Waals surface area contributed by atoms with Crippen LogP contribution in [0.5, 0.6) is 0 Å². The van der Waals surface area contributed by atoms with Gasteiger partial charge in [0, 0.05) is 34.7 Å². The van der Waals surface area contributed by atoms with Gasteiger partial charge in [-0.05, 0) is 74.9 Å². The largest absolute Gasteiger partial charge is 0.344 e. The third-order valence-electron chi connectivity index (χ3n) is 5.54. The van der Waals surface area contributed by atoms with E-state index in [4.69, 9.17) is 11.6 Å². The summed E-state index contributed by atoms with van der Waals surface area (Å²) in [6.07, 6.45) is 6.27. The number of benzene rings is 2. The first kappa shape index (κ1) is 17.6. The molecule has 1 N–H and O–H groups in total. The molecule has 4 rings (SSSR count). The maximum absolute atomic E-state index is 6.23. The van der Waals surface area contributed by atoms with Gasteiger partial charge < -0.3 is 9.88 Å². The van der Waals surface area contributed by atoms with E-state index in [1.165, 1.54) is 47.7 Å². The van der Waals surface area contributed by atoms with Gasteiger partial charge >= 0.3 is 0 Å². The molecule has 2 nitrogen and oxygen atoms in total. The summed E-state index contributed by atoms with van der Waals surface area (Å²) in [5, 5.41) is 5.88. The summed E-state index contributed by atoms with van der Waals surface area (Å²) in [6.45, 7) is 5.13. The molecular weight excluding hydrogens is 340 g/mol. The van der Waals surface area contributed by atoms with Crippen LogP contribution in [0, 0.1) is 6.92 Å². The smallest absolute Gasteiger partial charge is 0.0485 e. The maximum Gasteiger partial charge on any atom is 0.0485 e. The molecule has 26 heavy (non-hydrogen) atoms. The number of aryl methyl sites for hydroxylation is 3.